The Morgan fingerprint density at radius 1 is 1.18 bits per heavy atom. The van der Waals surface area contributed by atoms with Crippen LogP contribution in [0.1, 0.15) is 32.1 Å². The molecule has 5 nitrogen and oxygen atoms in total. The van der Waals surface area contributed by atoms with Crippen LogP contribution in [0.4, 0.5) is 0 Å². The zero-order valence-electron chi connectivity index (χ0n) is 10.1. The SMILES string of the molecule is NCC1(C(=O)NCCNC(=O)C2CC2)CCC1. The van der Waals surface area contributed by atoms with E-state index in [4.69, 9.17) is 5.73 Å². The molecule has 0 heterocycles. The molecule has 2 amide bonds. The van der Waals surface area contributed by atoms with Gasteiger partial charge in [-0.15, -0.1) is 0 Å². The normalized spacial score (nSPS) is 21.5. The number of hydrogen-bond acceptors (Lipinski definition) is 3. The van der Waals surface area contributed by atoms with E-state index in [9.17, 15) is 9.59 Å². The molecule has 0 bridgehead atoms. The minimum atomic E-state index is -0.319. The minimum Gasteiger partial charge on any atom is -0.354 e. The lowest BCUT2D eigenvalue weighted by atomic mass is 9.68. The molecule has 0 unspecified atom stereocenters. The van der Waals surface area contributed by atoms with Gasteiger partial charge >= 0.3 is 0 Å². The highest BCUT2D eigenvalue weighted by atomic mass is 16.2. The number of carbonyl (C=O) groups excluding carboxylic acids is 2. The molecule has 2 rings (SSSR count). The van der Waals surface area contributed by atoms with Crippen LogP contribution in [-0.4, -0.2) is 31.4 Å². The number of nitrogens with one attached hydrogen (secondary N) is 2. The summed E-state index contributed by atoms with van der Waals surface area (Å²) in [6.45, 7) is 1.44. The van der Waals surface area contributed by atoms with Gasteiger partial charge in [0.2, 0.25) is 11.8 Å². The molecular weight excluding hydrogens is 218 g/mol. The van der Waals surface area contributed by atoms with Gasteiger partial charge < -0.3 is 16.4 Å². The lowest BCUT2D eigenvalue weighted by Crippen LogP contribution is -2.51. The average Bonchev–Trinajstić information content (AvgIpc) is 3.07. The predicted molar refractivity (Wildman–Crippen MR) is 64.1 cm³/mol. The molecule has 0 spiro atoms. The molecule has 0 aromatic rings. The van der Waals surface area contributed by atoms with E-state index < -0.39 is 0 Å². The monoisotopic (exact) mass is 239 g/mol. The van der Waals surface area contributed by atoms with Gasteiger partial charge in [-0.25, -0.2) is 0 Å². The molecule has 0 saturated heterocycles. The maximum absolute atomic E-state index is 11.9. The number of amides is 2. The van der Waals surface area contributed by atoms with Gasteiger partial charge in [0.25, 0.3) is 0 Å². The van der Waals surface area contributed by atoms with Crippen molar-refractivity contribution in [1.82, 2.24) is 10.6 Å². The van der Waals surface area contributed by atoms with Gasteiger partial charge in [0, 0.05) is 25.6 Å². The number of hydrogen-bond donors (Lipinski definition) is 3. The molecule has 0 atom stereocenters. The summed E-state index contributed by atoms with van der Waals surface area (Å²) in [5.41, 5.74) is 5.32. The van der Waals surface area contributed by atoms with Crippen LogP contribution in [-0.2, 0) is 9.59 Å². The van der Waals surface area contributed by atoms with Crippen molar-refractivity contribution >= 4 is 11.8 Å². The van der Waals surface area contributed by atoms with Gasteiger partial charge in [-0.1, -0.05) is 6.42 Å². The van der Waals surface area contributed by atoms with Crippen molar-refractivity contribution in [2.75, 3.05) is 19.6 Å². The van der Waals surface area contributed by atoms with Gasteiger partial charge in [-0.3, -0.25) is 9.59 Å². The van der Waals surface area contributed by atoms with Crippen molar-refractivity contribution < 1.29 is 9.59 Å². The molecule has 17 heavy (non-hydrogen) atoms. The van der Waals surface area contributed by atoms with Crippen molar-refractivity contribution in [1.29, 1.82) is 0 Å². The van der Waals surface area contributed by atoms with E-state index in [-0.39, 0.29) is 23.1 Å². The highest BCUT2D eigenvalue weighted by Gasteiger charge is 2.42. The topological polar surface area (TPSA) is 84.2 Å². The number of rotatable bonds is 6. The number of nitrogens with two attached hydrogens (primary N) is 1. The zero-order chi connectivity index (χ0) is 12.3. The Morgan fingerprint density at radius 2 is 1.82 bits per heavy atom. The maximum atomic E-state index is 11.9. The lowest BCUT2D eigenvalue weighted by Gasteiger charge is -2.39. The highest BCUT2D eigenvalue weighted by molar-refractivity contribution is 5.84. The Labute approximate surface area is 102 Å². The minimum absolute atomic E-state index is 0.0481. The molecule has 5 heteroatoms. The summed E-state index contributed by atoms with van der Waals surface area (Å²) in [5.74, 6) is 0.399. The van der Waals surface area contributed by atoms with E-state index in [0.29, 0.717) is 19.6 Å². The molecule has 0 aliphatic heterocycles. The quantitative estimate of drug-likeness (QED) is 0.559. The second kappa shape index (κ2) is 5.04. The summed E-state index contributed by atoms with van der Waals surface area (Å²) in [5, 5.41) is 5.68. The van der Waals surface area contributed by atoms with Crippen LogP contribution < -0.4 is 16.4 Å². The van der Waals surface area contributed by atoms with Crippen LogP contribution in [0.25, 0.3) is 0 Å². The molecule has 2 aliphatic rings. The third-order valence-corrected chi connectivity index (χ3v) is 3.84. The van der Waals surface area contributed by atoms with E-state index in [2.05, 4.69) is 10.6 Å². The van der Waals surface area contributed by atoms with Crippen LogP contribution >= 0.6 is 0 Å². The smallest absolute Gasteiger partial charge is 0.227 e. The predicted octanol–water partition coefficient (Wildman–Crippen LogP) is -0.242. The fraction of sp³-hybridized carbons (Fsp3) is 0.833. The summed E-state index contributed by atoms with van der Waals surface area (Å²) < 4.78 is 0. The van der Waals surface area contributed by atoms with Crippen molar-refractivity contribution in [2.24, 2.45) is 17.1 Å². The zero-order valence-corrected chi connectivity index (χ0v) is 10.1. The Bertz CT molecular complexity index is 303. The molecule has 4 N–H and O–H groups in total. The lowest BCUT2D eigenvalue weighted by molar-refractivity contribution is -0.135. The first kappa shape index (κ1) is 12.4. The average molecular weight is 239 g/mol. The molecule has 2 fully saturated rings. The first-order valence-corrected chi connectivity index (χ1v) is 6.44. The summed E-state index contributed by atoms with van der Waals surface area (Å²) in [4.78, 5) is 23.2. The van der Waals surface area contributed by atoms with E-state index >= 15 is 0 Å². The van der Waals surface area contributed by atoms with Gasteiger partial charge in [0.1, 0.15) is 0 Å². The third kappa shape index (κ3) is 2.77. The fourth-order valence-electron chi connectivity index (χ4n) is 2.17. The molecule has 2 aliphatic carbocycles. The Hall–Kier alpha value is -1.10. The summed E-state index contributed by atoms with van der Waals surface area (Å²) in [7, 11) is 0. The third-order valence-electron chi connectivity index (χ3n) is 3.84. The van der Waals surface area contributed by atoms with Crippen LogP contribution in [0.5, 0.6) is 0 Å². The van der Waals surface area contributed by atoms with Crippen molar-refractivity contribution in [3.8, 4) is 0 Å². The Kier molecular flexibility index (Phi) is 3.66. The van der Waals surface area contributed by atoms with Crippen LogP contribution in [0.15, 0.2) is 0 Å². The van der Waals surface area contributed by atoms with E-state index in [1.165, 1.54) is 0 Å². The van der Waals surface area contributed by atoms with Crippen LogP contribution in [0.2, 0.25) is 0 Å². The van der Waals surface area contributed by atoms with Crippen LogP contribution in [0, 0.1) is 11.3 Å². The molecule has 0 radical (unpaired) electrons. The van der Waals surface area contributed by atoms with Gasteiger partial charge in [0.05, 0.1) is 5.41 Å². The van der Waals surface area contributed by atoms with Gasteiger partial charge in [0.15, 0.2) is 0 Å². The second-order valence-electron chi connectivity index (χ2n) is 5.16. The second-order valence-corrected chi connectivity index (χ2v) is 5.16. The molecule has 0 aromatic carbocycles. The summed E-state index contributed by atoms with van der Waals surface area (Å²) in [6.07, 6.45) is 4.89. The fourth-order valence-corrected chi connectivity index (χ4v) is 2.17. The van der Waals surface area contributed by atoms with Gasteiger partial charge in [-0.2, -0.15) is 0 Å². The van der Waals surface area contributed by atoms with Gasteiger partial charge in [-0.05, 0) is 25.7 Å². The summed E-state index contributed by atoms with van der Waals surface area (Å²) in [6, 6.07) is 0. The highest BCUT2D eigenvalue weighted by Crippen LogP contribution is 2.39. The largest absolute Gasteiger partial charge is 0.354 e. The number of carbonyl (C=O) groups is 2. The standard InChI is InChI=1S/C12H21N3O2/c13-8-12(4-1-5-12)11(17)15-7-6-14-10(16)9-2-3-9/h9H,1-8,13H2,(H,14,16)(H,15,17). The summed E-state index contributed by atoms with van der Waals surface area (Å²) >= 11 is 0. The maximum Gasteiger partial charge on any atom is 0.227 e. The van der Waals surface area contributed by atoms with Crippen LogP contribution in [0.3, 0.4) is 0 Å². The Balaban J connectivity index is 1.61. The first-order chi connectivity index (χ1) is 8.18. The first-order valence-electron chi connectivity index (χ1n) is 6.44. The van der Waals surface area contributed by atoms with Crippen molar-refractivity contribution in [3.05, 3.63) is 0 Å². The van der Waals surface area contributed by atoms with Crippen molar-refractivity contribution in [2.45, 2.75) is 32.1 Å². The van der Waals surface area contributed by atoms with E-state index in [0.717, 1.165) is 32.1 Å². The van der Waals surface area contributed by atoms with E-state index in [1.807, 2.05) is 0 Å². The molecule has 0 aromatic heterocycles. The molecular formula is C12H21N3O2. The van der Waals surface area contributed by atoms with E-state index in [1.54, 1.807) is 0 Å². The molecule has 96 valence electrons. The van der Waals surface area contributed by atoms with Crippen molar-refractivity contribution in [3.63, 3.8) is 0 Å². The Morgan fingerprint density at radius 3 is 2.29 bits per heavy atom. The molecule has 2 saturated carbocycles.